The third-order valence-electron chi connectivity index (χ3n) is 2.23. The SMILES string of the molecule is C=C/C=C(\NC)c1ccc(C)cc1C. The van der Waals surface area contributed by atoms with Gasteiger partial charge in [0.2, 0.25) is 0 Å². The zero-order valence-electron chi connectivity index (χ0n) is 9.09. The minimum atomic E-state index is 1.11. The number of aryl methyl sites for hydroxylation is 2. The normalized spacial score (nSPS) is 11.2. The summed E-state index contributed by atoms with van der Waals surface area (Å²) in [6, 6.07) is 6.44. The largest absolute Gasteiger partial charge is 0.388 e. The van der Waals surface area contributed by atoms with E-state index in [9.17, 15) is 0 Å². The van der Waals surface area contributed by atoms with Crippen LogP contribution >= 0.6 is 0 Å². The minimum Gasteiger partial charge on any atom is -0.388 e. The van der Waals surface area contributed by atoms with Crippen molar-refractivity contribution >= 4 is 5.70 Å². The fourth-order valence-corrected chi connectivity index (χ4v) is 1.54. The van der Waals surface area contributed by atoms with E-state index < -0.39 is 0 Å². The smallest absolute Gasteiger partial charge is 0.0413 e. The molecule has 0 aromatic heterocycles. The molecule has 0 fully saturated rings. The van der Waals surface area contributed by atoms with Gasteiger partial charge in [-0.3, -0.25) is 0 Å². The second-order valence-electron chi connectivity index (χ2n) is 3.38. The van der Waals surface area contributed by atoms with Crippen LogP contribution in [0.15, 0.2) is 36.9 Å². The van der Waals surface area contributed by atoms with E-state index in [1.165, 1.54) is 16.7 Å². The van der Waals surface area contributed by atoms with Gasteiger partial charge in [-0.1, -0.05) is 36.4 Å². The number of allylic oxidation sites excluding steroid dienone is 2. The first kappa shape index (κ1) is 10.6. The molecule has 0 bridgehead atoms. The highest BCUT2D eigenvalue weighted by atomic mass is 14.8. The van der Waals surface area contributed by atoms with E-state index in [0.717, 1.165) is 5.70 Å². The fraction of sp³-hybridized carbons (Fsp3) is 0.231. The molecule has 0 saturated carbocycles. The van der Waals surface area contributed by atoms with Gasteiger partial charge in [0.1, 0.15) is 0 Å². The van der Waals surface area contributed by atoms with Crippen molar-refractivity contribution in [3.05, 3.63) is 53.6 Å². The monoisotopic (exact) mass is 187 g/mol. The highest BCUT2D eigenvalue weighted by Crippen LogP contribution is 2.17. The summed E-state index contributed by atoms with van der Waals surface area (Å²) in [6.07, 6.45) is 3.78. The molecule has 0 amide bonds. The van der Waals surface area contributed by atoms with Crippen molar-refractivity contribution in [3.63, 3.8) is 0 Å². The number of benzene rings is 1. The molecule has 0 aliphatic carbocycles. The van der Waals surface area contributed by atoms with Gasteiger partial charge in [0, 0.05) is 18.3 Å². The molecule has 0 unspecified atom stereocenters. The predicted octanol–water partition coefficient (Wildman–Crippen LogP) is 3.05. The third-order valence-corrected chi connectivity index (χ3v) is 2.23. The van der Waals surface area contributed by atoms with Crippen LogP contribution in [0.1, 0.15) is 16.7 Å². The zero-order chi connectivity index (χ0) is 10.6. The Balaban J connectivity index is 3.17. The summed E-state index contributed by atoms with van der Waals surface area (Å²) in [5.74, 6) is 0. The number of nitrogens with one attached hydrogen (secondary N) is 1. The maximum absolute atomic E-state index is 3.70. The van der Waals surface area contributed by atoms with Crippen LogP contribution in [0, 0.1) is 13.8 Å². The second kappa shape index (κ2) is 4.66. The molecule has 1 nitrogen and oxygen atoms in total. The summed E-state index contributed by atoms with van der Waals surface area (Å²) in [6.45, 7) is 7.93. The Bertz CT molecular complexity index is 361. The summed E-state index contributed by atoms with van der Waals surface area (Å²) in [5.41, 5.74) is 4.92. The van der Waals surface area contributed by atoms with Crippen molar-refractivity contribution in [2.45, 2.75) is 13.8 Å². The van der Waals surface area contributed by atoms with E-state index in [2.05, 4.69) is 43.9 Å². The average Bonchev–Trinajstić information content (AvgIpc) is 2.15. The second-order valence-corrected chi connectivity index (χ2v) is 3.38. The van der Waals surface area contributed by atoms with Gasteiger partial charge >= 0.3 is 0 Å². The van der Waals surface area contributed by atoms with Crippen molar-refractivity contribution in [2.24, 2.45) is 0 Å². The standard InChI is InChI=1S/C13H17N/c1-5-6-13(14-4)12-8-7-10(2)9-11(12)3/h5-9,14H,1H2,2-4H3/b13-6-. The molecule has 1 aromatic carbocycles. The molecule has 14 heavy (non-hydrogen) atoms. The Hall–Kier alpha value is -1.50. The van der Waals surface area contributed by atoms with Gasteiger partial charge in [-0.05, 0) is 25.5 Å². The summed E-state index contributed by atoms with van der Waals surface area (Å²) < 4.78 is 0. The first-order valence-corrected chi connectivity index (χ1v) is 4.77. The summed E-state index contributed by atoms with van der Waals surface area (Å²) in [7, 11) is 1.93. The Morgan fingerprint density at radius 3 is 2.57 bits per heavy atom. The Kier molecular flexibility index (Phi) is 3.52. The van der Waals surface area contributed by atoms with Crippen LogP contribution in [0.25, 0.3) is 5.70 Å². The van der Waals surface area contributed by atoms with Crippen LogP contribution < -0.4 is 5.32 Å². The van der Waals surface area contributed by atoms with Crippen molar-refractivity contribution in [1.29, 1.82) is 0 Å². The Morgan fingerprint density at radius 2 is 2.07 bits per heavy atom. The third kappa shape index (κ3) is 2.25. The van der Waals surface area contributed by atoms with Crippen LogP contribution in [0.4, 0.5) is 0 Å². The van der Waals surface area contributed by atoms with Crippen LogP contribution in [-0.4, -0.2) is 7.05 Å². The van der Waals surface area contributed by atoms with E-state index in [1.54, 1.807) is 6.08 Å². The Morgan fingerprint density at radius 1 is 1.36 bits per heavy atom. The topological polar surface area (TPSA) is 12.0 Å². The van der Waals surface area contributed by atoms with Gasteiger partial charge in [0.15, 0.2) is 0 Å². The van der Waals surface area contributed by atoms with Gasteiger partial charge in [-0.2, -0.15) is 0 Å². The molecule has 1 N–H and O–H groups in total. The maximum Gasteiger partial charge on any atom is 0.0413 e. The van der Waals surface area contributed by atoms with Crippen LogP contribution in [0.2, 0.25) is 0 Å². The predicted molar refractivity (Wildman–Crippen MR) is 63.1 cm³/mol. The molecule has 1 rings (SSSR count). The molecule has 1 aromatic rings. The van der Waals surface area contributed by atoms with Crippen molar-refractivity contribution < 1.29 is 0 Å². The summed E-state index contributed by atoms with van der Waals surface area (Å²) in [5, 5.41) is 3.17. The van der Waals surface area contributed by atoms with E-state index >= 15 is 0 Å². The molecule has 0 heterocycles. The van der Waals surface area contributed by atoms with Gasteiger partial charge in [-0.25, -0.2) is 0 Å². The molecule has 0 aliphatic rings. The number of hydrogen-bond acceptors (Lipinski definition) is 1. The molecular weight excluding hydrogens is 170 g/mol. The summed E-state index contributed by atoms with van der Waals surface area (Å²) in [4.78, 5) is 0. The molecule has 0 atom stereocenters. The lowest BCUT2D eigenvalue weighted by atomic mass is 10.0. The van der Waals surface area contributed by atoms with E-state index in [-0.39, 0.29) is 0 Å². The molecule has 0 spiro atoms. The summed E-state index contributed by atoms with van der Waals surface area (Å²) >= 11 is 0. The lowest BCUT2D eigenvalue weighted by molar-refractivity contribution is 1.12. The number of hydrogen-bond donors (Lipinski definition) is 1. The van der Waals surface area contributed by atoms with Crippen molar-refractivity contribution in [3.8, 4) is 0 Å². The van der Waals surface area contributed by atoms with Gasteiger partial charge in [-0.15, -0.1) is 0 Å². The highest BCUT2D eigenvalue weighted by Gasteiger charge is 2.01. The van der Waals surface area contributed by atoms with E-state index in [0.29, 0.717) is 0 Å². The van der Waals surface area contributed by atoms with Gasteiger partial charge < -0.3 is 5.32 Å². The maximum atomic E-state index is 3.70. The van der Waals surface area contributed by atoms with Gasteiger partial charge in [0.25, 0.3) is 0 Å². The minimum absolute atomic E-state index is 1.11. The van der Waals surface area contributed by atoms with Crippen LogP contribution in [0.5, 0.6) is 0 Å². The molecule has 1 heteroatoms. The first-order valence-electron chi connectivity index (χ1n) is 4.77. The molecule has 74 valence electrons. The quantitative estimate of drug-likeness (QED) is 0.717. The average molecular weight is 187 g/mol. The van der Waals surface area contributed by atoms with Crippen molar-refractivity contribution in [2.75, 3.05) is 7.05 Å². The molecule has 0 saturated heterocycles. The molecule has 0 aliphatic heterocycles. The van der Waals surface area contributed by atoms with Crippen molar-refractivity contribution in [1.82, 2.24) is 5.32 Å². The van der Waals surface area contributed by atoms with E-state index in [1.807, 2.05) is 13.1 Å². The van der Waals surface area contributed by atoms with E-state index in [4.69, 9.17) is 0 Å². The van der Waals surface area contributed by atoms with Crippen LogP contribution in [-0.2, 0) is 0 Å². The zero-order valence-corrected chi connectivity index (χ0v) is 9.09. The molecule has 0 radical (unpaired) electrons. The lowest BCUT2D eigenvalue weighted by Crippen LogP contribution is -2.05. The Labute approximate surface area is 86.2 Å². The number of rotatable bonds is 3. The van der Waals surface area contributed by atoms with Crippen LogP contribution in [0.3, 0.4) is 0 Å². The molecular formula is C13H17N. The first-order chi connectivity index (χ1) is 6.69. The van der Waals surface area contributed by atoms with Gasteiger partial charge in [0.05, 0.1) is 0 Å². The fourth-order valence-electron chi connectivity index (χ4n) is 1.54. The lowest BCUT2D eigenvalue weighted by Gasteiger charge is -2.10. The highest BCUT2D eigenvalue weighted by molar-refractivity contribution is 5.68.